The van der Waals surface area contributed by atoms with Gasteiger partial charge in [-0.25, -0.2) is 4.39 Å². The van der Waals surface area contributed by atoms with Crippen LogP contribution < -0.4 is 5.73 Å². The Balaban J connectivity index is 2.66. The number of nitrogens with zero attached hydrogens (tertiary/aromatic N) is 1. The Morgan fingerprint density at radius 3 is 2.50 bits per heavy atom. The van der Waals surface area contributed by atoms with Gasteiger partial charge in [0.1, 0.15) is 5.82 Å². The summed E-state index contributed by atoms with van der Waals surface area (Å²) >= 11 is 6.20. The van der Waals surface area contributed by atoms with Crippen molar-refractivity contribution in [3.63, 3.8) is 0 Å². The molecule has 0 radical (unpaired) electrons. The molecule has 0 aliphatic rings. The number of aromatic nitrogens is 1. The Morgan fingerprint density at radius 1 is 1.28 bits per heavy atom. The number of halogens is 2. The van der Waals surface area contributed by atoms with Crippen molar-refractivity contribution in [1.82, 2.24) is 4.57 Å². The minimum Gasteiger partial charge on any atom is -0.348 e. The zero-order valence-electron chi connectivity index (χ0n) is 10.7. The summed E-state index contributed by atoms with van der Waals surface area (Å²) in [5.41, 5.74) is 9.94. The molecule has 4 heteroatoms. The summed E-state index contributed by atoms with van der Waals surface area (Å²) in [6, 6.07) is 5.09. The second-order valence-electron chi connectivity index (χ2n) is 4.48. The average molecular weight is 267 g/mol. The normalized spacial score (nSPS) is 11.0. The SMILES string of the molecule is Cc1cc(Cl)c(-c2cc(CN)c(C)n2C)cc1F. The van der Waals surface area contributed by atoms with E-state index in [4.69, 9.17) is 17.3 Å². The predicted molar refractivity (Wildman–Crippen MR) is 73.2 cm³/mol. The van der Waals surface area contributed by atoms with E-state index in [1.807, 2.05) is 24.6 Å². The van der Waals surface area contributed by atoms with E-state index in [1.54, 1.807) is 13.0 Å². The zero-order chi connectivity index (χ0) is 13.4. The largest absolute Gasteiger partial charge is 0.348 e. The van der Waals surface area contributed by atoms with Gasteiger partial charge in [-0.05, 0) is 43.2 Å². The molecule has 0 amide bonds. The van der Waals surface area contributed by atoms with Gasteiger partial charge in [0.15, 0.2) is 0 Å². The zero-order valence-corrected chi connectivity index (χ0v) is 11.5. The molecule has 0 spiro atoms. The summed E-state index contributed by atoms with van der Waals surface area (Å²) in [5.74, 6) is -0.248. The van der Waals surface area contributed by atoms with Crippen LogP contribution in [-0.2, 0) is 13.6 Å². The maximum atomic E-state index is 13.7. The third-order valence-electron chi connectivity index (χ3n) is 3.38. The summed E-state index contributed by atoms with van der Waals surface area (Å²) < 4.78 is 15.7. The Bertz CT molecular complexity index is 602. The number of rotatable bonds is 2. The molecule has 0 aliphatic carbocycles. The van der Waals surface area contributed by atoms with E-state index < -0.39 is 0 Å². The first kappa shape index (κ1) is 13.1. The van der Waals surface area contributed by atoms with Gasteiger partial charge < -0.3 is 10.3 Å². The molecule has 1 heterocycles. The number of hydrogen-bond donors (Lipinski definition) is 1. The van der Waals surface area contributed by atoms with Crippen molar-refractivity contribution in [3.05, 3.63) is 45.9 Å². The van der Waals surface area contributed by atoms with E-state index in [2.05, 4.69) is 0 Å². The quantitative estimate of drug-likeness (QED) is 0.885. The van der Waals surface area contributed by atoms with Crippen LogP contribution in [0.1, 0.15) is 16.8 Å². The van der Waals surface area contributed by atoms with Crippen LogP contribution in [-0.4, -0.2) is 4.57 Å². The maximum absolute atomic E-state index is 13.7. The monoisotopic (exact) mass is 266 g/mol. The topological polar surface area (TPSA) is 30.9 Å². The number of nitrogens with two attached hydrogens (primary N) is 1. The van der Waals surface area contributed by atoms with Gasteiger partial charge in [0.2, 0.25) is 0 Å². The highest BCUT2D eigenvalue weighted by atomic mass is 35.5. The molecular weight excluding hydrogens is 251 g/mol. The molecular formula is C14H16ClFN2. The van der Waals surface area contributed by atoms with Crippen molar-refractivity contribution >= 4 is 11.6 Å². The van der Waals surface area contributed by atoms with Crippen LogP contribution in [0.2, 0.25) is 5.02 Å². The molecule has 0 saturated carbocycles. The van der Waals surface area contributed by atoms with Crippen LogP contribution >= 0.6 is 11.6 Å². The lowest BCUT2D eigenvalue weighted by Gasteiger charge is -2.09. The highest BCUT2D eigenvalue weighted by Crippen LogP contribution is 2.32. The maximum Gasteiger partial charge on any atom is 0.126 e. The molecule has 0 bridgehead atoms. The molecule has 2 rings (SSSR count). The van der Waals surface area contributed by atoms with Gasteiger partial charge in [-0.2, -0.15) is 0 Å². The van der Waals surface area contributed by atoms with Gasteiger partial charge in [-0.3, -0.25) is 0 Å². The highest BCUT2D eigenvalue weighted by molar-refractivity contribution is 6.33. The van der Waals surface area contributed by atoms with Gasteiger partial charge in [0.25, 0.3) is 0 Å². The number of hydrogen-bond acceptors (Lipinski definition) is 1. The molecule has 18 heavy (non-hydrogen) atoms. The average Bonchev–Trinajstić information content (AvgIpc) is 2.61. The molecule has 2 N–H and O–H groups in total. The summed E-state index contributed by atoms with van der Waals surface area (Å²) in [7, 11) is 1.93. The van der Waals surface area contributed by atoms with Crippen molar-refractivity contribution in [2.24, 2.45) is 12.8 Å². The standard InChI is InChI=1S/C14H16ClFN2/c1-8-4-12(15)11(6-13(8)16)14-5-10(7-17)9(2)18(14)3/h4-6H,7,17H2,1-3H3. The van der Waals surface area contributed by atoms with E-state index in [9.17, 15) is 4.39 Å². The third-order valence-corrected chi connectivity index (χ3v) is 3.70. The summed E-state index contributed by atoms with van der Waals surface area (Å²) in [6.07, 6.45) is 0. The lowest BCUT2D eigenvalue weighted by atomic mass is 10.1. The van der Waals surface area contributed by atoms with Crippen LogP contribution in [0.15, 0.2) is 18.2 Å². The van der Waals surface area contributed by atoms with Crippen LogP contribution in [0.4, 0.5) is 4.39 Å². The van der Waals surface area contributed by atoms with Gasteiger partial charge in [-0.1, -0.05) is 11.6 Å². The molecule has 0 unspecified atom stereocenters. The molecule has 1 aromatic carbocycles. The fourth-order valence-electron chi connectivity index (χ4n) is 2.07. The van der Waals surface area contributed by atoms with E-state index in [0.717, 1.165) is 17.0 Å². The Kier molecular flexibility index (Phi) is 3.46. The van der Waals surface area contributed by atoms with Crippen molar-refractivity contribution in [1.29, 1.82) is 0 Å². The van der Waals surface area contributed by atoms with E-state index in [0.29, 0.717) is 22.7 Å². The second kappa shape index (κ2) is 4.75. The van der Waals surface area contributed by atoms with E-state index in [-0.39, 0.29) is 5.82 Å². The Hall–Kier alpha value is -1.32. The minimum absolute atomic E-state index is 0.248. The van der Waals surface area contributed by atoms with Crippen LogP contribution in [0.3, 0.4) is 0 Å². The Morgan fingerprint density at radius 2 is 1.94 bits per heavy atom. The fourth-order valence-corrected chi connectivity index (χ4v) is 2.39. The lowest BCUT2D eigenvalue weighted by Crippen LogP contribution is -1.99. The smallest absolute Gasteiger partial charge is 0.126 e. The summed E-state index contributed by atoms with van der Waals surface area (Å²) in [4.78, 5) is 0. The van der Waals surface area contributed by atoms with Crippen molar-refractivity contribution in [2.75, 3.05) is 0 Å². The summed E-state index contributed by atoms with van der Waals surface area (Å²) in [6.45, 7) is 4.16. The van der Waals surface area contributed by atoms with Crippen molar-refractivity contribution in [3.8, 4) is 11.3 Å². The molecule has 1 aromatic heterocycles. The van der Waals surface area contributed by atoms with Crippen LogP contribution in [0.5, 0.6) is 0 Å². The van der Waals surface area contributed by atoms with Crippen LogP contribution in [0, 0.1) is 19.7 Å². The second-order valence-corrected chi connectivity index (χ2v) is 4.89. The van der Waals surface area contributed by atoms with Crippen molar-refractivity contribution in [2.45, 2.75) is 20.4 Å². The van der Waals surface area contributed by atoms with E-state index >= 15 is 0 Å². The predicted octanol–water partition coefficient (Wildman–Crippen LogP) is 3.56. The first-order valence-corrected chi connectivity index (χ1v) is 6.14. The van der Waals surface area contributed by atoms with Crippen LogP contribution in [0.25, 0.3) is 11.3 Å². The Labute approximate surface area is 111 Å². The molecule has 96 valence electrons. The highest BCUT2D eigenvalue weighted by Gasteiger charge is 2.14. The molecule has 0 atom stereocenters. The fraction of sp³-hybridized carbons (Fsp3) is 0.286. The molecule has 2 aromatic rings. The van der Waals surface area contributed by atoms with Gasteiger partial charge in [0, 0.05) is 30.5 Å². The van der Waals surface area contributed by atoms with Gasteiger partial charge >= 0.3 is 0 Å². The first-order valence-electron chi connectivity index (χ1n) is 5.77. The van der Waals surface area contributed by atoms with Gasteiger partial charge in [0.05, 0.1) is 5.02 Å². The molecule has 0 fully saturated rings. The van der Waals surface area contributed by atoms with Gasteiger partial charge in [-0.15, -0.1) is 0 Å². The first-order chi connectivity index (χ1) is 8.45. The minimum atomic E-state index is -0.248. The molecule has 0 aliphatic heterocycles. The summed E-state index contributed by atoms with van der Waals surface area (Å²) in [5, 5.41) is 0.554. The molecule has 0 saturated heterocycles. The molecule has 2 nitrogen and oxygen atoms in total. The third kappa shape index (κ3) is 2.04. The van der Waals surface area contributed by atoms with Crippen molar-refractivity contribution < 1.29 is 4.39 Å². The van der Waals surface area contributed by atoms with E-state index in [1.165, 1.54) is 6.07 Å². The number of benzene rings is 1. The lowest BCUT2D eigenvalue weighted by molar-refractivity contribution is 0.619. The number of aryl methyl sites for hydroxylation is 1.